The smallest absolute Gasteiger partial charge is 0.187 e. The Morgan fingerprint density at radius 3 is 2.80 bits per heavy atom. The highest BCUT2D eigenvalue weighted by Gasteiger charge is 2.20. The predicted octanol–water partition coefficient (Wildman–Crippen LogP) is 5.94. The van der Waals surface area contributed by atoms with E-state index in [4.69, 9.17) is 28.2 Å². The third-order valence-corrected chi connectivity index (χ3v) is 5.91. The first kappa shape index (κ1) is 16.9. The summed E-state index contributed by atoms with van der Waals surface area (Å²) >= 11 is 13.6. The van der Waals surface area contributed by atoms with E-state index in [0.29, 0.717) is 16.0 Å². The minimum Gasteiger partial charge on any atom is -0.331 e. The summed E-state index contributed by atoms with van der Waals surface area (Å²) in [6.45, 7) is 2.12. The monoisotopic (exact) mass is 389 g/mol. The molecule has 0 amide bonds. The third kappa shape index (κ3) is 3.67. The highest BCUT2D eigenvalue weighted by Crippen LogP contribution is 2.35. The Labute approximate surface area is 161 Å². The van der Waals surface area contributed by atoms with Crippen LogP contribution in [-0.2, 0) is 0 Å². The van der Waals surface area contributed by atoms with Crippen molar-refractivity contribution in [2.75, 3.05) is 18.4 Å². The summed E-state index contributed by atoms with van der Waals surface area (Å²) in [6.07, 6.45) is 1.18. The molecule has 6 heteroatoms. The van der Waals surface area contributed by atoms with Gasteiger partial charge in [0, 0.05) is 23.2 Å². The fourth-order valence-corrected chi connectivity index (χ4v) is 4.19. The maximum Gasteiger partial charge on any atom is 0.187 e. The summed E-state index contributed by atoms with van der Waals surface area (Å²) in [5.41, 5.74) is 4.48. The largest absolute Gasteiger partial charge is 0.331 e. The van der Waals surface area contributed by atoms with Gasteiger partial charge >= 0.3 is 0 Å². The number of anilines is 2. The number of nitrogens with one attached hydrogen (secondary N) is 2. The van der Waals surface area contributed by atoms with Crippen molar-refractivity contribution >= 4 is 45.4 Å². The third-order valence-electron chi connectivity index (χ3n) is 4.41. The van der Waals surface area contributed by atoms with Gasteiger partial charge in [0.15, 0.2) is 5.13 Å². The lowest BCUT2D eigenvalue weighted by atomic mass is 9.92. The molecule has 0 aliphatic carbocycles. The van der Waals surface area contributed by atoms with Gasteiger partial charge < -0.3 is 10.6 Å². The second-order valence-corrected chi connectivity index (χ2v) is 7.74. The van der Waals surface area contributed by atoms with Crippen molar-refractivity contribution < 1.29 is 0 Å². The van der Waals surface area contributed by atoms with Gasteiger partial charge in [0.2, 0.25) is 0 Å². The minimum absolute atomic E-state index is 0.530. The van der Waals surface area contributed by atoms with E-state index in [1.165, 1.54) is 17.5 Å². The lowest BCUT2D eigenvalue weighted by molar-refractivity contribution is 0.765. The molecular weight excluding hydrogens is 373 g/mol. The summed E-state index contributed by atoms with van der Waals surface area (Å²) in [5, 5.41) is 10.8. The standard InChI is InChI=1S/C19H17Cl2N3S/c20-16-6-5-13(9-17(16)21)23-19-24-18(11-25-19)15-4-2-1-3-14(15)12-7-8-22-10-12/h1-6,9,11-12,22H,7-8,10H2,(H,23,24). The van der Waals surface area contributed by atoms with Crippen molar-refractivity contribution in [3.05, 3.63) is 63.5 Å². The fourth-order valence-electron chi connectivity index (χ4n) is 3.16. The Kier molecular flexibility index (Phi) is 4.95. The molecule has 3 nitrogen and oxygen atoms in total. The van der Waals surface area contributed by atoms with Crippen LogP contribution in [0.3, 0.4) is 0 Å². The summed E-state index contributed by atoms with van der Waals surface area (Å²) in [5.74, 6) is 0.560. The number of hydrogen-bond acceptors (Lipinski definition) is 4. The van der Waals surface area contributed by atoms with Gasteiger partial charge in [0.25, 0.3) is 0 Å². The average molecular weight is 390 g/mol. The van der Waals surface area contributed by atoms with E-state index in [1.54, 1.807) is 17.4 Å². The van der Waals surface area contributed by atoms with E-state index >= 15 is 0 Å². The number of halogens is 2. The molecule has 0 saturated carbocycles. The maximum atomic E-state index is 6.08. The second kappa shape index (κ2) is 7.34. The zero-order valence-electron chi connectivity index (χ0n) is 13.4. The molecule has 1 atom stereocenters. The minimum atomic E-state index is 0.530. The molecule has 1 aliphatic rings. The van der Waals surface area contributed by atoms with Crippen LogP contribution in [0.25, 0.3) is 11.3 Å². The van der Waals surface area contributed by atoms with Gasteiger partial charge in [0.1, 0.15) is 0 Å². The number of nitrogens with zero attached hydrogens (tertiary/aromatic N) is 1. The van der Waals surface area contributed by atoms with Crippen LogP contribution in [0.2, 0.25) is 10.0 Å². The lowest BCUT2D eigenvalue weighted by Gasteiger charge is -2.13. The molecule has 1 aliphatic heterocycles. The Bertz CT molecular complexity index is 888. The van der Waals surface area contributed by atoms with E-state index in [2.05, 4.69) is 40.3 Å². The van der Waals surface area contributed by atoms with Crippen LogP contribution >= 0.6 is 34.5 Å². The van der Waals surface area contributed by atoms with Gasteiger partial charge in [-0.3, -0.25) is 0 Å². The van der Waals surface area contributed by atoms with Crippen molar-refractivity contribution in [1.82, 2.24) is 10.3 Å². The summed E-state index contributed by atoms with van der Waals surface area (Å²) < 4.78 is 0. The van der Waals surface area contributed by atoms with E-state index in [1.807, 2.05) is 12.1 Å². The Morgan fingerprint density at radius 1 is 1.12 bits per heavy atom. The predicted molar refractivity (Wildman–Crippen MR) is 108 cm³/mol. The molecule has 1 unspecified atom stereocenters. The number of benzene rings is 2. The fraction of sp³-hybridized carbons (Fsp3) is 0.211. The maximum absolute atomic E-state index is 6.08. The molecule has 1 aromatic heterocycles. The van der Waals surface area contributed by atoms with Crippen LogP contribution in [0.4, 0.5) is 10.8 Å². The second-order valence-electron chi connectivity index (χ2n) is 6.07. The van der Waals surface area contributed by atoms with Crippen molar-refractivity contribution in [2.24, 2.45) is 0 Å². The van der Waals surface area contributed by atoms with Crippen LogP contribution in [0, 0.1) is 0 Å². The molecule has 1 fully saturated rings. The number of aromatic nitrogens is 1. The first-order valence-electron chi connectivity index (χ1n) is 8.18. The first-order chi connectivity index (χ1) is 12.2. The molecule has 0 radical (unpaired) electrons. The first-order valence-corrected chi connectivity index (χ1v) is 9.82. The molecule has 2 N–H and O–H groups in total. The Hall–Kier alpha value is -1.59. The van der Waals surface area contributed by atoms with Crippen LogP contribution in [0.15, 0.2) is 47.8 Å². The summed E-state index contributed by atoms with van der Waals surface area (Å²) in [7, 11) is 0. The van der Waals surface area contributed by atoms with Gasteiger partial charge in [-0.15, -0.1) is 11.3 Å². The average Bonchev–Trinajstić information content (AvgIpc) is 3.30. The molecule has 3 aromatic rings. The van der Waals surface area contributed by atoms with Crippen LogP contribution in [0.1, 0.15) is 17.9 Å². The van der Waals surface area contributed by atoms with E-state index < -0.39 is 0 Å². The zero-order valence-corrected chi connectivity index (χ0v) is 15.8. The molecule has 2 aromatic carbocycles. The SMILES string of the molecule is Clc1ccc(Nc2nc(-c3ccccc3C3CCNC3)cs2)cc1Cl. The summed E-state index contributed by atoms with van der Waals surface area (Å²) in [6, 6.07) is 14.1. The van der Waals surface area contributed by atoms with Crippen molar-refractivity contribution in [2.45, 2.75) is 12.3 Å². The van der Waals surface area contributed by atoms with Gasteiger partial charge in [-0.2, -0.15) is 0 Å². The molecule has 2 heterocycles. The quantitative estimate of drug-likeness (QED) is 0.579. The molecular formula is C19H17Cl2N3S. The van der Waals surface area contributed by atoms with Gasteiger partial charge in [0.05, 0.1) is 15.7 Å². The van der Waals surface area contributed by atoms with E-state index in [-0.39, 0.29) is 0 Å². The summed E-state index contributed by atoms with van der Waals surface area (Å²) in [4.78, 5) is 4.77. The normalized spacial score (nSPS) is 17.0. The van der Waals surface area contributed by atoms with Crippen molar-refractivity contribution in [1.29, 1.82) is 0 Å². The van der Waals surface area contributed by atoms with E-state index in [9.17, 15) is 0 Å². The van der Waals surface area contributed by atoms with Gasteiger partial charge in [-0.1, -0.05) is 47.5 Å². The number of rotatable bonds is 4. The van der Waals surface area contributed by atoms with Crippen molar-refractivity contribution in [3.8, 4) is 11.3 Å². The molecule has 0 spiro atoms. The van der Waals surface area contributed by atoms with Crippen LogP contribution in [-0.4, -0.2) is 18.1 Å². The van der Waals surface area contributed by atoms with Crippen LogP contribution in [0.5, 0.6) is 0 Å². The number of hydrogen-bond donors (Lipinski definition) is 2. The lowest BCUT2D eigenvalue weighted by Crippen LogP contribution is -2.08. The molecule has 0 bridgehead atoms. The number of thiazole rings is 1. The topological polar surface area (TPSA) is 37.0 Å². The Morgan fingerprint density at radius 2 is 2.00 bits per heavy atom. The molecule has 25 heavy (non-hydrogen) atoms. The van der Waals surface area contributed by atoms with Gasteiger partial charge in [-0.25, -0.2) is 4.98 Å². The molecule has 1 saturated heterocycles. The van der Waals surface area contributed by atoms with Crippen LogP contribution < -0.4 is 10.6 Å². The Balaban J connectivity index is 1.60. The molecule has 128 valence electrons. The van der Waals surface area contributed by atoms with Gasteiger partial charge in [-0.05, 0) is 42.6 Å². The van der Waals surface area contributed by atoms with E-state index in [0.717, 1.165) is 29.6 Å². The molecule has 4 rings (SSSR count). The van der Waals surface area contributed by atoms with Crippen molar-refractivity contribution in [3.63, 3.8) is 0 Å². The highest BCUT2D eigenvalue weighted by molar-refractivity contribution is 7.14. The highest BCUT2D eigenvalue weighted by atomic mass is 35.5. The zero-order chi connectivity index (χ0) is 17.2.